The Balaban J connectivity index is 2.50. The third-order valence-corrected chi connectivity index (χ3v) is 3.07. The van der Waals surface area contributed by atoms with Crippen molar-refractivity contribution in [2.45, 2.75) is 6.54 Å². The second kappa shape index (κ2) is 4.63. The van der Waals surface area contributed by atoms with Crippen molar-refractivity contribution in [2.24, 2.45) is 5.73 Å². The Morgan fingerprint density at radius 3 is 2.50 bits per heavy atom. The van der Waals surface area contributed by atoms with Crippen molar-refractivity contribution < 1.29 is 0 Å². The molecule has 4 heteroatoms. The molecule has 0 spiro atoms. The van der Waals surface area contributed by atoms with Crippen LogP contribution in [0.2, 0.25) is 0 Å². The minimum atomic E-state index is 0.412. The fourth-order valence-corrected chi connectivity index (χ4v) is 1.98. The SMILES string of the molecule is NCc1ccc(-c2ccccc2Br)nc1N. The maximum Gasteiger partial charge on any atom is 0.128 e. The van der Waals surface area contributed by atoms with Gasteiger partial charge in [0.15, 0.2) is 0 Å². The minimum absolute atomic E-state index is 0.412. The summed E-state index contributed by atoms with van der Waals surface area (Å²) in [6, 6.07) is 11.7. The second-order valence-corrected chi connectivity index (χ2v) is 4.28. The molecule has 2 rings (SSSR count). The van der Waals surface area contributed by atoms with Gasteiger partial charge in [-0.3, -0.25) is 0 Å². The highest BCUT2D eigenvalue weighted by Crippen LogP contribution is 2.27. The van der Waals surface area contributed by atoms with Crippen LogP contribution in [-0.4, -0.2) is 4.98 Å². The third-order valence-electron chi connectivity index (χ3n) is 2.38. The van der Waals surface area contributed by atoms with Gasteiger partial charge in [-0.1, -0.05) is 40.2 Å². The number of hydrogen-bond donors (Lipinski definition) is 2. The molecule has 82 valence electrons. The van der Waals surface area contributed by atoms with Crippen LogP contribution in [0.5, 0.6) is 0 Å². The van der Waals surface area contributed by atoms with E-state index in [2.05, 4.69) is 20.9 Å². The van der Waals surface area contributed by atoms with Crippen LogP contribution in [0.3, 0.4) is 0 Å². The van der Waals surface area contributed by atoms with Crippen LogP contribution in [-0.2, 0) is 6.54 Å². The van der Waals surface area contributed by atoms with Crippen LogP contribution in [0.25, 0.3) is 11.3 Å². The number of nitrogens with zero attached hydrogens (tertiary/aromatic N) is 1. The fourth-order valence-electron chi connectivity index (χ4n) is 1.50. The third kappa shape index (κ3) is 2.08. The fraction of sp³-hybridized carbons (Fsp3) is 0.0833. The van der Waals surface area contributed by atoms with E-state index in [1.165, 1.54) is 0 Å². The Hall–Kier alpha value is -1.39. The van der Waals surface area contributed by atoms with E-state index < -0.39 is 0 Å². The summed E-state index contributed by atoms with van der Waals surface area (Å²) in [4.78, 5) is 4.34. The number of nitrogens with two attached hydrogens (primary N) is 2. The van der Waals surface area contributed by atoms with Gasteiger partial charge in [-0.15, -0.1) is 0 Å². The molecule has 1 heterocycles. The van der Waals surface area contributed by atoms with E-state index in [0.29, 0.717) is 12.4 Å². The summed E-state index contributed by atoms with van der Waals surface area (Å²) in [6.07, 6.45) is 0. The van der Waals surface area contributed by atoms with Gasteiger partial charge in [0.25, 0.3) is 0 Å². The average Bonchev–Trinajstić information content (AvgIpc) is 2.29. The standard InChI is InChI=1S/C12H12BrN3/c13-10-4-2-1-3-9(10)11-6-5-8(7-14)12(15)16-11/h1-6H,7,14H2,(H2,15,16). The molecule has 0 radical (unpaired) electrons. The summed E-state index contributed by atoms with van der Waals surface area (Å²) in [5.41, 5.74) is 14.1. The molecule has 16 heavy (non-hydrogen) atoms. The lowest BCUT2D eigenvalue weighted by molar-refractivity contribution is 1.06. The van der Waals surface area contributed by atoms with Gasteiger partial charge in [-0.2, -0.15) is 0 Å². The molecule has 1 aromatic carbocycles. The number of aromatic nitrogens is 1. The number of pyridine rings is 1. The van der Waals surface area contributed by atoms with Gasteiger partial charge in [0.1, 0.15) is 5.82 Å². The summed E-state index contributed by atoms with van der Waals surface area (Å²) in [6.45, 7) is 0.412. The van der Waals surface area contributed by atoms with Gasteiger partial charge in [0.2, 0.25) is 0 Å². The maximum atomic E-state index is 5.81. The van der Waals surface area contributed by atoms with Gasteiger partial charge < -0.3 is 11.5 Å². The molecular weight excluding hydrogens is 266 g/mol. The van der Waals surface area contributed by atoms with Crippen molar-refractivity contribution >= 4 is 21.7 Å². The van der Waals surface area contributed by atoms with Crippen LogP contribution < -0.4 is 11.5 Å². The van der Waals surface area contributed by atoms with E-state index in [0.717, 1.165) is 21.3 Å². The zero-order chi connectivity index (χ0) is 11.5. The Morgan fingerprint density at radius 2 is 1.88 bits per heavy atom. The molecule has 0 aliphatic heterocycles. The lowest BCUT2D eigenvalue weighted by Crippen LogP contribution is -2.04. The van der Waals surface area contributed by atoms with E-state index in [9.17, 15) is 0 Å². The van der Waals surface area contributed by atoms with Crippen LogP contribution in [0.4, 0.5) is 5.82 Å². The molecule has 4 N–H and O–H groups in total. The largest absolute Gasteiger partial charge is 0.383 e. The Labute approximate surface area is 103 Å². The molecular formula is C12H12BrN3. The number of anilines is 1. The lowest BCUT2D eigenvalue weighted by Gasteiger charge is -2.07. The highest BCUT2D eigenvalue weighted by molar-refractivity contribution is 9.10. The summed E-state index contributed by atoms with van der Waals surface area (Å²) >= 11 is 3.49. The average molecular weight is 278 g/mol. The van der Waals surface area contributed by atoms with Crippen molar-refractivity contribution in [3.05, 3.63) is 46.4 Å². The lowest BCUT2D eigenvalue weighted by atomic mass is 10.1. The first kappa shape index (κ1) is 11.1. The van der Waals surface area contributed by atoms with Crippen LogP contribution in [0.1, 0.15) is 5.56 Å². The van der Waals surface area contributed by atoms with Gasteiger partial charge in [0.05, 0.1) is 5.69 Å². The van der Waals surface area contributed by atoms with Gasteiger partial charge >= 0.3 is 0 Å². The van der Waals surface area contributed by atoms with E-state index in [1.807, 2.05) is 36.4 Å². The van der Waals surface area contributed by atoms with Crippen molar-refractivity contribution in [3.8, 4) is 11.3 Å². The number of halogens is 1. The van der Waals surface area contributed by atoms with Crippen molar-refractivity contribution in [1.29, 1.82) is 0 Å². The molecule has 0 fully saturated rings. The number of benzene rings is 1. The first-order valence-corrected chi connectivity index (χ1v) is 5.72. The Bertz CT molecular complexity index is 511. The molecule has 0 unspecified atom stereocenters. The van der Waals surface area contributed by atoms with Crippen LogP contribution in [0, 0.1) is 0 Å². The van der Waals surface area contributed by atoms with E-state index in [-0.39, 0.29) is 0 Å². The van der Waals surface area contributed by atoms with Crippen LogP contribution >= 0.6 is 15.9 Å². The number of hydrogen-bond acceptors (Lipinski definition) is 3. The second-order valence-electron chi connectivity index (χ2n) is 3.42. The molecule has 0 amide bonds. The Morgan fingerprint density at radius 1 is 1.12 bits per heavy atom. The normalized spacial score (nSPS) is 10.4. The zero-order valence-electron chi connectivity index (χ0n) is 8.65. The molecule has 1 aromatic heterocycles. The first-order valence-electron chi connectivity index (χ1n) is 4.92. The molecule has 0 aliphatic carbocycles. The molecule has 0 saturated heterocycles. The summed E-state index contributed by atoms with van der Waals surface area (Å²) in [5, 5.41) is 0. The molecule has 0 atom stereocenters. The van der Waals surface area contributed by atoms with Gasteiger partial charge in [-0.25, -0.2) is 4.98 Å². The highest BCUT2D eigenvalue weighted by atomic mass is 79.9. The first-order chi connectivity index (χ1) is 7.72. The van der Waals surface area contributed by atoms with Gasteiger partial charge in [-0.05, 0) is 12.1 Å². The maximum absolute atomic E-state index is 5.81. The molecule has 0 aliphatic rings. The number of rotatable bonds is 2. The predicted octanol–water partition coefficient (Wildman–Crippen LogP) is 2.55. The molecule has 2 aromatic rings. The summed E-state index contributed by atoms with van der Waals surface area (Å²) in [7, 11) is 0. The van der Waals surface area contributed by atoms with Crippen molar-refractivity contribution in [1.82, 2.24) is 4.98 Å². The predicted molar refractivity (Wildman–Crippen MR) is 69.7 cm³/mol. The van der Waals surface area contributed by atoms with Crippen molar-refractivity contribution in [2.75, 3.05) is 5.73 Å². The molecule has 0 bridgehead atoms. The molecule has 0 saturated carbocycles. The number of nitrogen functional groups attached to an aromatic ring is 1. The summed E-state index contributed by atoms with van der Waals surface area (Å²) in [5.74, 6) is 0.496. The smallest absolute Gasteiger partial charge is 0.128 e. The minimum Gasteiger partial charge on any atom is -0.383 e. The topological polar surface area (TPSA) is 64.9 Å². The van der Waals surface area contributed by atoms with E-state index >= 15 is 0 Å². The zero-order valence-corrected chi connectivity index (χ0v) is 10.2. The van der Waals surface area contributed by atoms with E-state index in [1.54, 1.807) is 0 Å². The summed E-state index contributed by atoms with van der Waals surface area (Å²) < 4.78 is 1.00. The Kier molecular flexibility index (Phi) is 3.22. The quantitative estimate of drug-likeness (QED) is 0.887. The van der Waals surface area contributed by atoms with Crippen molar-refractivity contribution in [3.63, 3.8) is 0 Å². The molecule has 3 nitrogen and oxygen atoms in total. The van der Waals surface area contributed by atoms with Crippen LogP contribution in [0.15, 0.2) is 40.9 Å². The van der Waals surface area contributed by atoms with E-state index in [4.69, 9.17) is 11.5 Å². The highest BCUT2D eigenvalue weighted by Gasteiger charge is 2.06. The van der Waals surface area contributed by atoms with Gasteiger partial charge in [0, 0.05) is 22.1 Å². The monoisotopic (exact) mass is 277 g/mol.